The predicted molar refractivity (Wildman–Crippen MR) is 63.9 cm³/mol. The van der Waals surface area contributed by atoms with Crippen LogP contribution in [-0.4, -0.2) is 87.0 Å². The Hall–Kier alpha value is 0.110. The number of ether oxygens (including phenoxy) is 1. The van der Waals surface area contributed by atoms with E-state index in [1.807, 2.05) is 0 Å². The molecule has 0 spiro atoms. The summed E-state index contributed by atoms with van der Waals surface area (Å²) in [6.45, 7) is -0.505. The van der Waals surface area contributed by atoms with Gasteiger partial charge in [0.25, 0.3) is 0 Å². The van der Waals surface area contributed by atoms with E-state index in [0.717, 1.165) is 0 Å². The number of hydrogen-bond acceptors (Lipinski definition) is 6. The molecule has 7 heteroatoms. The molecule has 1 saturated heterocycles. The Morgan fingerprint density at radius 2 is 2.00 bits per heavy atom. The van der Waals surface area contributed by atoms with E-state index in [9.17, 15) is 15.3 Å². The molecule has 0 bridgehead atoms. The highest BCUT2D eigenvalue weighted by molar-refractivity contribution is 7.97. The van der Waals surface area contributed by atoms with Gasteiger partial charge in [0.1, 0.15) is 35.9 Å². The molecule has 0 aromatic carbocycles. The first kappa shape index (κ1) is 15.2. The monoisotopic (exact) mass is 269 g/mol. The molecule has 0 aliphatic carbocycles. The third-order valence-corrected chi connectivity index (χ3v) is 5.89. The molecule has 1 aliphatic heterocycles. The molecule has 0 radical (unpaired) electrons. The van der Waals surface area contributed by atoms with Gasteiger partial charge >= 0.3 is 0 Å². The van der Waals surface area contributed by atoms with Gasteiger partial charge in [-0.15, -0.1) is 0 Å². The van der Waals surface area contributed by atoms with Crippen LogP contribution in [0.5, 0.6) is 0 Å². The molecule has 6 nitrogen and oxygen atoms in total. The van der Waals surface area contributed by atoms with Crippen LogP contribution in [0.4, 0.5) is 0 Å². The first-order valence-corrected chi connectivity index (χ1v) is 7.12. The smallest absolute Gasteiger partial charge is 0.169 e. The van der Waals surface area contributed by atoms with Gasteiger partial charge in [-0.25, -0.2) is 0 Å². The van der Waals surface area contributed by atoms with Crippen LogP contribution in [0, 0.1) is 0 Å². The largest absolute Gasteiger partial charge is 0.394 e. The van der Waals surface area contributed by atoms with Crippen molar-refractivity contribution in [2.24, 2.45) is 0 Å². The average molecular weight is 269 g/mol. The van der Waals surface area contributed by atoms with Gasteiger partial charge in [0.15, 0.2) is 5.25 Å². The molecule has 0 saturated carbocycles. The molecule has 102 valence electrons. The van der Waals surface area contributed by atoms with Gasteiger partial charge < -0.3 is 30.3 Å². The Bertz CT molecular complexity index is 225. The van der Waals surface area contributed by atoms with Crippen LogP contribution < -0.4 is 0 Å². The fraction of sp³-hybridized carbons (Fsp3) is 1.00. The zero-order valence-electron chi connectivity index (χ0n) is 9.77. The summed E-state index contributed by atoms with van der Waals surface area (Å²) in [5.74, 6) is 0.670. The van der Waals surface area contributed by atoms with Crippen molar-refractivity contribution in [1.82, 2.24) is 0 Å². The average Bonchev–Trinajstić information content (AvgIpc) is 2.56. The number of aliphatic hydroxyl groups is 5. The lowest BCUT2D eigenvalue weighted by Gasteiger charge is -2.20. The van der Waals surface area contributed by atoms with Gasteiger partial charge in [-0.2, -0.15) is 0 Å². The van der Waals surface area contributed by atoms with Crippen LogP contribution in [0.3, 0.4) is 0 Å². The second-order valence-electron chi connectivity index (χ2n) is 4.17. The molecule has 0 aromatic rings. The summed E-state index contributed by atoms with van der Waals surface area (Å²) in [4.78, 5) is 0. The summed E-state index contributed by atoms with van der Waals surface area (Å²) in [7, 11) is 0.928. The van der Waals surface area contributed by atoms with Crippen LogP contribution in [0.1, 0.15) is 0 Å². The molecule has 1 aliphatic rings. The molecule has 0 aromatic heterocycles. The van der Waals surface area contributed by atoms with Crippen molar-refractivity contribution < 1.29 is 30.3 Å². The lowest BCUT2D eigenvalue weighted by atomic mass is 10.2. The SMILES string of the molecule is CO[C@@H](CO)[C@H](O)C[S+]1C[C@@H](O)[C@H](O)[C@H]1CO. The van der Waals surface area contributed by atoms with Crippen molar-refractivity contribution in [3.63, 3.8) is 0 Å². The van der Waals surface area contributed by atoms with Gasteiger partial charge in [0.2, 0.25) is 0 Å². The van der Waals surface area contributed by atoms with Crippen LogP contribution >= 0.6 is 0 Å². The first-order chi connectivity index (χ1) is 8.04. The summed E-state index contributed by atoms with van der Waals surface area (Å²) in [5, 5.41) is 46.7. The summed E-state index contributed by atoms with van der Waals surface area (Å²) in [6, 6.07) is 0. The van der Waals surface area contributed by atoms with Crippen LogP contribution in [0.15, 0.2) is 0 Å². The second kappa shape index (κ2) is 6.89. The quantitative estimate of drug-likeness (QED) is 0.330. The zero-order chi connectivity index (χ0) is 13.0. The minimum absolute atomic E-state index is 0.217. The Balaban J connectivity index is 2.56. The van der Waals surface area contributed by atoms with Crippen molar-refractivity contribution in [1.29, 1.82) is 0 Å². The zero-order valence-corrected chi connectivity index (χ0v) is 10.6. The van der Waals surface area contributed by atoms with Crippen molar-refractivity contribution in [2.45, 2.75) is 29.7 Å². The van der Waals surface area contributed by atoms with Crippen molar-refractivity contribution in [2.75, 3.05) is 31.8 Å². The fourth-order valence-electron chi connectivity index (χ4n) is 1.97. The molecule has 0 amide bonds. The van der Waals surface area contributed by atoms with E-state index < -0.39 is 40.6 Å². The van der Waals surface area contributed by atoms with E-state index >= 15 is 0 Å². The third kappa shape index (κ3) is 3.54. The standard InChI is InChI=1S/C10H21O6S/c1-16-8(2-11)6(13)4-17-5-7(14)10(15)9(17)3-12/h6-15H,2-5H2,1H3/q+1/t6-,7-,8+,9-,10+,17?/m1/s1. The van der Waals surface area contributed by atoms with Crippen LogP contribution in [0.2, 0.25) is 0 Å². The predicted octanol–water partition coefficient (Wildman–Crippen LogP) is -2.93. The fourth-order valence-corrected chi connectivity index (χ4v) is 4.68. The van der Waals surface area contributed by atoms with Crippen molar-refractivity contribution in [3.05, 3.63) is 0 Å². The Morgan fingerprint density at radius 3 is 2.47 bits per heavy atom. The maximum Gasteiger partial charge on any atom is 0.169 e. The van der Waals surface area contributed by atoms with Crippen LogP contribution in [0.25, 0.3) is 0 Å². The Kier molecular flexibility index (Phi) is 6.14. The lowest BCUT2D eigenvalue weighted by Crippen LogP contribution is -2.41. The van der Waals surface area contributed by atoms with E-state index in [1.165, 1.54) is 7.11 Å². The third-order valence-electron chi connectivity index (χ3n) is 3.06. The van der Waals surface area contributed by atoms with E-state index in [0.29, 0.717) is 11.5 Å². The van der Waals surface area contributed by atoms with Gasteiger partial charge in [-0.3, -0.25) is 0 Å². The minimum atomic E-state index is -0.939. The summed E-state index contributed by atoms with van der Waals surface area (Å²) in [6.07, 6.45) is -3.32. The van der Waals surface area contributed by atoms with Crippen LogP contribution in [-0.2, 0) is 15.6 Å². The van der Waals surface area contributed by atoms with E-state index in [-0.39, 0.29) is 13.2 Å². The van der Waals surface area contributed by atoms with Gasteiger partial charge in [0.05, 0.1) is 13.2 Å². The number of methoxy groups -OCH3 is 1. The molecule has 1 unspecified atom stereocenters. The summed E-state index contributed by atoms with van der Waals surface area (Å²) < 4.78 is 4.91. The Labute approximate surface area is 103 Å². The second-order valence-corrected chi connectivity index (χ2v) is 6.52. The first-order valence-electron chi connectivity index (χ1n) is 5.50. The molecule has 1 rings (SSSR count). The molecule has 1 heterocycles. The number of hydrogen-bond donors (Lipinski definition) is 5. The molecule has 5 N–H and O–H groups in total. The summed E-state index contributed by atoms with van der Waals surface area (Å²) >= 11 is 0. The van der Waals surface area contributed by atoms with Gasteiger partial charge in [-0.1, -0.05) is 0 Å². The highest BCUT2D eigenvalue weighted by Gasteiger charge is 2.50. The Morgan fingerprint density at radius 1 is 1.35 bits per heavy atom. The van der Waals surface area contributed by atoms with E-state index in [4.69, 9.17) is 14.9 Å². The van der Waals surface area contributed by atoms with Gasteiger partial charge in [0, 0.05) is 18.0 Å². The highest BCUT2D eigenvalue weighted by Crippen LogP contribution is 2.25. The maximum absolute atomic E-state index is 9.83. The number of aliphatic hydroxyl groups excluding tert-OH is 5. The molecule has 17 heavy (non-hydrogen) atoms. The number of rotatable bonds is 6. The maximum atomic E-state index is 9.83. The molecular weight excluding hydrogens is 248 g/mol. The molecule has 1 fully saturated rings. The molecule has 6 atom stereocenters. The lowest BCUT2D eigenvalue weighted by molar-refractivity contribution is -0.0309. The minimum Gasteiger partial charge on any atom is -0.394 e. The van der Waals surface area contributed by atoms with E-state index in [2.05, 4.69) is 0 Å². The van der Waals surface area contributed by atoms with Crippen molar-refractivity contribution >= 4 is 10.9 Å². The van der Waals surface area contributed by atoms with Gasteiger partial charge in [-0.05, 0) is 0 Å². The van der Waals surface area contributed by atoms with E-state index in [1.54, 1.807) is 0 Å². The summed E-state index contributed by atoms with van der Waals surface area (Å²) in [5.41, 5.74) is 0. The normalized spacial score (nSPS) is 37.1. The highest BCUT2D eigenvalue weighted by atomic mass is 32.2. The van der Waals surface area contributed by atoms with Crippen molar-refractivity contribution in [3.8, 4) is 0 Å². The topological polar surface area (TPSA) is 110 Å². The molecular formula is C10H21O6S+.